The van der Waals surface area contributed by atoms with Crippen LogP contribution in [-0.4, -0.2) is 21.2 Å². The van der Waals surface area contributed by atoms with Gasteiger partial charge in [-0.15, -0.1) is 0 Å². The van der Waals surface area contributed by atoms with E-state index in [1.807, 2.05) is 16.9 Å². The van der Waals surface area contributed by atoms with E-state index in [0.29, 0.717) is 11.0 Å². The second-order valence-corrected chi connectivity index (χ2v) is 4.47. The molecular formula is C11H11BrN4O2. The molecule has 6 nitrogen and oxygen atoms in total. The Hall–Kier alpha value is -1.89. The fraction of sp³-hybridized carbons (Fsp3) is 0.182. The Labute approximate surface area is 112 Å². The molecule has 0 radical (unpaired) electrons. The van der Waals surface area contributed by atoms with Crippen LogP contribution in [0.2, 0.25) is 0 Å². The largest absolute Gasteiger partial charge is 0.382 e. The third kappa shape index (κ3) is 3.07. The summed E-state index contributed by atoms with van der Waals surface area (Å²) < 4.78 is 2.49. The van der Waals surface area contributed by atoms with Crippen molar-refractivity contribution in [1.29, 1.82) is 0 Å². The lowest BCUT2D eigenvalue weighted by Crippen LogP contribution is -2.11. The number of benzene rings is 1. The summed E-state index contributed by atoms with van der Waals surface area (Å²) in [4.78, 5) is 10.2. The fourth-order valence-corrected chi connectivity index (χ4v) is 2.01. The normalized spacial score (nSPS) is 10.3. The third-order valence-electron chi connectivity index (χ3n) is 2.38. The SMILES string of the molecule is O=[N+]([O-])c1ccc(NCCn2cccn2)c(Br)c1. The lowest BCUT2D eigenvalue weighted by atomic mass is 10.3. The molecule has 2 aromatic rings. The third-order valence-corrected chi connectivity index (χ3v) is 3.04. The second-order valence-electron chi connectivity index (χ2n) is 3.62. The van der Waals surface area contributed by atoms with Gasteiger partial charge >= 0.3 is 0 Å². The molecule has 1 aromatic heterocycles. The molecule has 1 N–H and O–H groups in total. The van der Waals surface area contributed by atoms with Crippen molar-refractivity contribution in [2.24, 2.45) is 0 Å². The highest BCUT2D eigenvalue weighted by atomic mass is 79.9. The first kappa shape index (κ1) is 12.6. The Morgan fingerprint density at radius 3 is 2.94 bits per heavy atom. The van der Waals surface area contributed by atoms with Crippen LogP contribution in [0.25, 0.3) is 0 Å². The molecule has 0 amide bonds. The van der Waals surface area contributed by atoms with E-state index in [4.69, 9.17) is 0 Å². The van der Waals surface area contributed by atoms with Gasteiger partial charge in [-0.3, -0.25) is 14.8 Å². The van der Waals surface area contributed by atoms with E-state index in [1.54, 1.807) is 12.3 Å². The smallest absolute Gasteiger partial charge is 0.270 e. The van der Waals surface area contributed by atoms with Crippen LogP contribution < -0.4 is 5.32 Å². The van der Waals surface area contributed by atoms with Gasteiger partial charge in [0.05, 0.1) is 11.5 Å². The first-order valence-electron chi connectivity index (χ1n) is 5.32. The number of aromatic nitrogens is 2. The molecule has 94 valence electrons. The van der Waals surface area contributed by atoms with Crippen molar-refractivity contribution in [3.8, 4) is 0 Å². The molecule has 0 fully saturated rings. The van der Waals surface area contributed by atoms with Gasteiger partial charge in [-0.25, -0.2) is 0 Å². The van der Waals surface area contributed by atoms with Crippen molar-refractivity contribution in [2.75, 3.05) is 11.9 Å². The number of nitrogens with one attached hydrogen (secondary N) is 1. The Morgan fingerprint density at radius 2 is 2.33 bits per heavy atom. The number of nitrogens with zero attached hydrogens (tertiary/aromatic N) is 3. The van der Waals surface area contributed by atoms with Crippen molar-refractivity contribution in [3.63, 3.8) is 0 Å². The topological polar surface area (TPSA) is 73.0 Å². The van der Waals surface area contributed by atoms with Crippen LogP contribution in [0.1, 0.15) is 0 Å². The van der Waals surface area contributed by atoms with Crippen LogP contribution in [0, 0.1) is 10.1 Å². The van der Waals surface area contributed by atoms with E-state index in [-0.39, 0.29) is 5.69 Å². The summed E-state index contributed by atoms with van der Waals surface area (Å²) >= 11 is 3.30. The minimum Gasteiger partial charge on any atom is -0.382 e. The van der Waals surface area contributed by atoms with Gasteiger partial charge in [0, 0.05) is 41.2 Å². The molecule has 0 aliphatic heterocycles. The average Bonchev–Trinajstić information content (AvgIpc) is 2.84. The van der Waals surface area contributed by atoms with Gasteiger partial charge in [-0.1, -0.05) is 0 Å². The zero-order valence-electron chi connectivity index (χ0n) is 9.41. The predicted octanol–water partition coefficient (Wildman–Crippen LogP) is 2.67. The molecule has 18 heavy (non-hydrogen) atoms. The van der Waals surface area contributed by atoms with Gasteiger partial charge in [0.1, 0.15) is 0 Å². The number of nitro benzene ring substituents is 1. The number of anilines is 1. The predicted molar refractivity (Wildman–Crippen MR) is 71.5 cm³/mol. The second kappa shape index (κ2) is 5.63. The quantitative estimate of drug-likeness (QED) is 0.680. The van der Waals surface area contributed by atoms with Crippen molar-refractivity contribution >= 4 is 27.3 Å². The molecule has 0 atom stereocenters. The van der Waals surface area contributed by atoms with Gasteiger partial charge < -0.3 is 5.32 Å². The maximum absolute atomic E-state index is 10.6. The minimum atomic E-state index is -0.418. The molecule has 1 aromatic carbocycles. The maximum atomic E-state index is 10.6. The van der Waals surface area contributed by atoms with Crippen molar-refractivity contribution in [3.05, 3.63) is 51.2 Å². The zero-order chi connectivity index (χ0) is 13.0. The Kier molecular flexibility index (Phi) is 3.93. The van der Waals surface area contributed by atoms with Crippen molar-refractivity contribution < 1.29 is 4.92 Å². The Morgan fingerprint density at radius 1 is 1.50 bits per heavy atom. The van der Waals surface area contributed by atoms with Crippen molar-refractivity contribution in [1.82, 2.24) is 9.78 Å². The molecule has 0 unspecified atom stereocenters. The van der Waals surface area contributed by atoms with E-state index in [0.717, 1.165) is 12.2 Å². The van der Waals surface area contributed by atoms with Crippen LogP contribution in [0.5, 0.6) is 0 Å². The van der Waals surface area contributed by atoms with E-state index < -0.39 is 4.92 Å². The number of non-ortho nitro benzene ring substituents is 1. The van der Waals surface area contributed by atoms with E-state index in [9.17, 15) is 10.1 Å². The van der Waals surface area contributed by atoms with E-state index in [2.05, 4.69) is 26.3 Å². The Bertz CT molecular complexity index is 542. The zero-order valence-corrected chi connectivity index (χ0v) is 11.0. The van der Waals surface area contributed by atoms with Crippen LogP contribution in [-0.2, 0) is 6.54 Å². The van der Waals surface area contributed by atoms with Gasteiger partial charge in [0.2, 0.25) is 0 Å². The molecule has 0 spiro atoms. The van der Waals surface area contributed by atoms with Crippen LogP contribution >= 0.6 is 15.9 Å². The summed E-state index contributed by atoms with van der Waals surface area (Å²) in [5.41, 5.74) is 0.896. The monoisotopic (exact) mass is 310 g/mol. The average molecular weight is 311 g/mol. The van der Waals surface area contributed by atoms with Gasteiger partial charge in [-0.05, 0) is 28.1 Å². The highest BCUT2D eigenvalue weighted by Crippen LogP contribution is 2.26. The van der Waals surface area contributed by atoms with Crippen LogP contribution in [0.4, 0.5) is 11.4 Å². The molecule has 2 rings (SSSR count). The summed E-state index contributed by atoms with van der Waals surface area (Å²) in [6.45, 7) is 1.43. The van der Waals surface area contributed by atoms with Gasteiger partial charge in [0.15, 0.2) is 0 Å². The summed E-state index contributed by atoms with van der Waals surface area (Å²) in [6, 6.07) is 6.50. The summed E-state index contributed by atoms with van der Waals surface area (Å²) in [7, 11) is 0. The Balaban J connectivity index is 1.95. The number of hydrogen-bond donors (Lipinski definition) is 1. The fourth-order valence-electron chi connectivity index (χ4n) is 1.50. The summed E-state index contributed by atoms with van der Waals surface area (Å²) in [5.74, 6) is 0. The minimum absolute atomic E-state index is 0.0690. The molecule has 0 aliphatic rings. The first-order valence-corrected chi connectivity index (χ1v) is 6.11. The molecule has 0 saturated heterocycles. The molecule has 0 saturated carbocycles. The lowest BCUT2D eigenvalue weighted by Gasteiger charge is -2.08. The number of rotatable bonds is 5. The highest BCUT2D eigenvalue weighted by Gasteiger charge is 2.08. The van der Waals surface area contributed by atoms with Gasteiger partial charge in [-0.2, -0.15) is 5.10 Å². The number of halogens is 1. The molecule has 7 heteroatoms. The summed E-state index contributed by atoms with van der Waals surface area (Å²) in [5, 5.41) is 17.9. The van der Waals surface area contributed by atoms with Gasteiger partial charge in [0.25, 0.3) is 5.69 Å². The molecule has 0 aliphatic carbocycles. The van der Waals surface area contributed by atoms with E-state index >= 15 is 0 Å². The molecule has 1 heterocycles. The summed E-state index contributed by atoms with van der Waals surface area (Å²) in [6.07, 6.45) is 3.61. The lowest BCUT2D eigenvalue weighted by molar-refractivity contribution is -0.384. The standard InChI is InChI=1S/C11H11BrN4O2/c12-10-8-9(16(17)18)2-3-11(10)13-5-7-15-6-1-4-14-15/h1-4,6,8,13H,5,7H2. The number of hydrogen-bond acceptors (Lipinski definition) is 4. The molecular weight excluding hydrogens is 300 g/mol. The maximum Gasteiger partial charge on any atom is 0.270 e. The number of nitro groups is 1. The molecule has 0 bridgehead atoms. The highest BCUT2D eigenvalue weighted by molar-refractivity contribution is 9.10. The first-order chi connectivity index (χ1) is 8.66. The van der Waals surface area contributed by atoms with Crippen LogP contribution in [0.3, 0.4) is 0 Å². The van der Waals surface area contributed by atoms with E-state index in [1.165, 1.54) is 12.1 Å². The van der Waals surface area contributed by atoms with Crippen molar-refractivity contribution in [2.45, 2.75) is 6.54 Å². The van der Waals surface area contributed by atoms with Crippen LogP contribution in [0.15, 0.2) is 41.1 Å².